The Morgan fingerprint density at radius 1 is 1.21 bits per heavy atom. The molecule has 0 aromatic heterocycles. The van der Waals surface area contributed by atoms with Crippen LogP contribution in [0.4, 0.5) is 4.79 Å². The summed E-state index contributed by atoms with van der Waals surface area (Å²) >= 11 is 5.91. The average Bonchev–Trinajstić information content (AvgIpc) is 2.59. The Labute approximate surface area is 146 Å². The third kappa shape index (κ3) is 4.88. The van der Waals surface area contributed by atoms with E-state index in [1.54, 1.807) is 32.2 Å². The highest BCUT2D eigenvalue weighted by molar-refractivity contribution is 6.30. The smallest absolute Gasteiger partial charge is 0.315 e. The lowest BCUT2D eigenvalue weighted by atomic mass is 9.96. The predicted molar refractivity (Wildman–Crippen MR) is 94.3 cm³/mol. The van der Waals surface area contributed by atoms with Crippen LogP contribution >= 0.6 is 11.6 Å². The van der Waals surface area contributed by atoms with Crippen molar-refractivity contribution >= 4 is 17.6 Å². The number of ether oxygens (including phenoxy) is 1. The second-order valence-electron chi connectivity index (χ2n) is 5.63. The van der Waals surface area contributed by atoms with Gasteiger partial charge in [-0.3, -0.25) is 0 Å². The molecule has 128 valence electrons. The molecule has 3 N–H and O–H groups in total. The first kappa shape index (κ1) is 18.1. The minimum Gasteiger partial charge on any atom is -0.496 e. The first-order valence-electron chi connectivity index (χ1n) is 7.54. The van der Waals surface area contributed by atoms with Crippen molar-refractivity contribution in [1.29, 1.82) is 0 Å². The summed E-state index contributed by atoms with van der Waals surface area (Å²) in [6.07, 6.45) is 0. The summed E-state index contributed by atoms with van der Waals surface area (Å²) in [6.45, 7) is 2.05. The van der Waals surface area contributed by atoms with Crippen LogP contribution in [-0.2, 0) is 12.1 Å². The van der Waals surface area contributed by atoms with Crippen LogP contribution in [0.15, 0.2) is 48.5 Å². The van der Waals surface area contributed by atoms with Crippen molar-refractivity contribution in [2.75, 3.05) is 13.7 Å². The molecule has 0 aliphatic carbocycles. The van der Waals surface area contributed by atoms with Gasteiger partial charge in [0.15, 0.2) is 0 Å². The molecule has 2 aromatic carbocycles. The minimum absolute atomic E-state index is 0.0978. The molecule has 0 aliphatic heterocycles. The molecule has 5 nitrogen and oxygen atoms in total. The Morgan fingerprint density at radius 2 is 1.92 bits per heavy atom. The van der Waals surface area contributed by atoms with Crippen LogP contribution in [0.5, 0.6) is 5.75 Å². The molecule has 24 heavy (non-hydrogen) atoms. The van der Waals surface area contributed by atoms with Gasteiger partial charge in [-0.15, -0.1) is 0 Å². The molecule has 0 radical (unpaired) electrons. The maximum Gasteiger partial charge on any atom is 0.315 e. The maximum absolute atomic E-state index is 12.0. The Kier molecular flexibility index (Phi) is 6.06. The average molecular weight is 349 g/mol. The van der Waals surface area contributed by atoms with E-state index in [1.807, 2.05) is 30.3 Å². The highest BCUT2D eigenvalue weighted by Gasteiger charge is 2.23. The van der Waals surface area contributed by atoms with Crippen molar-refractivity contribution in [2.45, 2.75) is 19.1 Å². The molecule has 1 unspecified atom stereocenters. The summed E-state index contributed by atoms with van der Waals surface area (Å²) in [4.78, 5) is 12.0. The summed E-state index contributed by atoms with van der Waals surface area (Å²) in [5.74, 6) is 0.610. The number of rotatable bonds is 6. The van der Waals surface area contributed by atoms with E-state index < -0.39 is 5.60 Å². The minimum atomic E-state index is -1.14. The Balaban J connectivity index is 1.88. The molecule has 2 aromatic rings. The number of benzene rings is 2. The number of aliphatic hydroxyl groups is 1. The number of carbonyl (C=O) groups excluding carboxylic acids is 1. The predicted octanol–water partition coefficient (Wildman–Crippen LogP) is 3.06. The first-order valence-corrected chi connectivity index (χ1v) is 7.92. The fourth-order valence-corrected chi connectivity index (χ4v) is 2.42. The summed E-state index contributed by atoms with van der Waals surface area (Å²) < 4.78 is 5.23. The zero-order valence-corrected chi connectivity index (χ0v) is 14.4. The van der Waals surface area contributed by atoms with E-state index in [2.05, 4.69) is 10.6 Å². The van der Waals surface area contributed by atoms with E-state index in [4.69, 9.17) is 16.3 Å². The number of halogens is 1. The van der Waals surface area contributed by atoms with Gasteiger partial charge < -0.3 is 20.5 Å². The number of urea groups is 1. The number of hydrogen-bond acceptors (Lipinski definition) is 3. The van der Waals surface area contributed by atoms with Gasteiger partial charge in [0.25, 0.3) is 0 Å². The lowest BCUT2D eigenvalue weighted by Crippen LogP contribution is -2.43. The number of methoxy groups -OCH3 is 1. The van der Waals surface area contributed by atoms with Crippen LogP contribution in [0.25, 0.3) is 0 Å². The monoisotopic (exact) mass is 348 g/mol. The molecular weight excluding hydrogens is 328 g/mol. The number of nitrogens with one attached hydrogen (secondary N) is 2. The van der Waals surface area contributed by atoms with E-state index in [0.29, 0.717) is 17.3 Å². The Morgan fingerprint density at radius 3 is 2.58 bits per heavy atom. The topological polar surface area (TPSA) is 70.6 Å². The van der Waals surface area contributed by atoms with Gasteiger partial charge in [-0.05, 0) is 24.6 Å². The quantitative estimate of drug-likeness (QED) is 0.751. The van der Waals surface area contributed by atoms with Gasteiger partial charge >= 0.3 is 6.03 Å². The molecular formula is C18H21ClN2O3. The van der Waals surface area contributed by atoms with Crippen LogP contribution in [0.2, 0.25) is 5.02 Å². The number of amides is 2. The third-order valence-electron chi connectivity index (χ3n) is 3.68. The normalized spacial score (nSPS) is 13.0. The molecule has 0 saturated heterocycles. The Hall–Kier alpha value is -2.24. The highest BCUT2D eigenvalue weighted by atomic mass is 35.5. The van der Waals surface area contributed by atoms with Crippen molar-refractivity contribution in [3.8, 4) is 5.75 Å². The summed E-state index contributed by atoms with van der Waals surface area (Å²) in [5, 5.41) is 16.4. The maximum atomic E-state index is 12.0. The molecule has 0 heterocycles. The summed E-state index contributed by atoms with van der Waals surface area (Å²) in [5.41, 5.74) is 0.410. The Bertz CT molecular complexity index is 690. The summed E-state index contributed by atoms with van der Waals surface area (Å²) in [6, 6.07) is 14.0. The zero-order chi connectivity index (χ0) is 17.6. The second-order valence-corrected chi connectivity index (χ2v) is 6.07. The number of hydrogen-bond donors (Lipinski definition) is 3. The van der Waals surface area contributed by atoms with Gasteiger partial charge in [0.05, 0.1) is 13.7 Å². The van der Waals surface area contributed by atoms with Gasteiger partial charge in [-0.1, -0.05) is 48.0 Å². The van der Waals surface area contributed by atoms with Gasteiger partial charge in [0, 0.05) is 17.1 Å². The fourth-order valence-electron chi connectivity index (χ4n) is 2.25. The van der Waals surface area contributed by atoms with Crippen LogP contribution in [0.1, 0.15) is 18.1 Å². The van der Waals surface area contributed by atoms with E-state index >= 15 is 0 Å². The fraction of sp³-hybridized carbons (Fsp3) is 0.278. The molecule has 0 bridgehead atoms. The lowest BCUT2D eigenvalue weighted by Gasteiger charge is -2.24. The number of carbonyl (C=O) groups is 1. The van der Waals surface area contributed by atoms with Gasteiger partial charge in [0.1, 0.15) is 11.4 Å². The SMILES string of the molecule is COc1cc(Cl)ccc1CNC(=O)NCC(C)(O)c1ccccc1. The van der Waals surface area contributed by atoms with Crippen LogP contribution in [0.3, 0.4) is 0 Å². The van der Waals surface area contributed by atoms with Crippen LogP contribution in [-0.4, -0.2) is 24.8 Å². The molecule has 6 heteroatoms. The molecule has 0 saturated carbocycles. The van der Waals surface area contributed by atoms with Crippen molar-refractivity contribution in [2.24, 2.45) is 0 Å². The van der Waals surface area contributed by atoms with E-state index in [1.165, 1.54) is 0 Å². The van der Waals surface area contributed by atoms with Gasteiger partial charge in [-0.2, -0.15) is 0 Å². The largest absolute Gasteiger partial charge is 0.496 e. The van der Waals surface area contributed by atoms with E-state index in [0.717, 1.165) is 11.1 Å². The van der Waals surface area contributed by atoms with Gasteiger partial charge in [-0.25, -0.2) is 4.79 Å². The van der Waals surface area contributed by atoms with Crippen molar-refractivity contribution in [1.82, 2.24) is 10.6 Å². The van der Waals surface area contributed by atoms with E-state index in [9.17, 15) is 9.90 Å². The highest BCUT2D eigenvalue weighted by Crippen LogP contribution is 2.23. The van der Waals surface area contributed by atoms with E-state index in [-0.39, 0.29) is 12.6 Å². The van der Waals surface area contributed by atoms with Crippen LogP contribution in [0, 0.1) is 0 Å². The van der Waals surface area contributed by atoms with Crippen molar-refractivity contribution in [3.05, 3.63) is 64.7 Å². The van der Waals surface area contributed by atoms with Crippen LogP contribution < -0.4 is 15.4 Å². The molecule has 2 amide bonds. The first-order chi connectivity index (χ1) is 11.4. The molecule has 0 spiro atoms. The summed E-state index contributed by atoms with van der Waals surface area (Å²) in [7, 11) is 1.55. The second kappa shape index (κ2) is 8.04. The standard InChI is InChI=1S/C18H21ClN2O3/c1-18(23,14-6-4-3-5-7-14)12-21-17(22)20-11-13-8-9-15(19)10-16(13)24-2/h3-10,23H,11-12H2,1-2H3,(H2,20,21,22). The third-order valence-corrected chi connectivity index (χ3v) is 3.91. The molecule has 2 rings (SSSR count). The molecule has 1 atom stereocenters. The van der Waals surface area contributed by atoms with Crippen molar-refractivity contribution in [3.63, 3.8) is 0 Å². The lowest BCUT2D eigenvalue weighted by molar-refractivity contribution is 0.0594. The molecule has 0 fully saturated rings. The van der Waals surface area contributed by atoms with Gasteiger partial charge in [0.2, 0.25) is 0 Å². The zero-order valence-electron chi connectivity index (χ0n) is 13.7. The van der Waals surface area contributed by atoms with Crippen molar-refractivity contribution < 1.29 is 14.6 Å². The molecule has 0 aliphatic rings.